The average molecular weight is 181 g/mol. The molecular weight excluding hydrogens is 162 g/mol. The van der Waals surface area contributed by atoms with Crippen molar-refractivity contribution >= 4 is 5.71 Å². The van der Waals surface area contributed by atoms with Crippen molar-refractivity contribution in [3.8, 4) is 0 Å². The monoisotopic (exact) mass is 181 g/mol. The lowest BCUT2D eigenvalue weighted by Crippen LogP contribution is -2.28. The van der Waals surface area contributed by atoms with E-state index in [4.69, 9.17) is 10.1 Å². The van der Waals surface area contributed by atoms with Gasteiger partial charge in [-0.25, -0.2) is 0 Å². The standard InChI is InChI=1S/C11H19NO/c1-4-8(2)11(9(3)12)5-10-6-13-7-10/h10,12H,4-7H2,1-3H3. The van der Waals surface area contributed by atoms with E-state index in [-0.39, 0.29) is 0 Å². The average Bonchev–Trinajstić information content (AvgIpc) is 2.00. The molecule has 0 bridgehead atoms. The number of hydrogen-bond acceptors (Lipinski definition) is 2. The van der Waals surface area contributed by atoms with Gasteiger partial charge >= 0.3 is 0 Å². The smallest absolute Gasteiger partial charge is 0.0519 e. The van der Waals surface area contributed by atoms with Crippen LogP contribution in [0.1, 0.15) is 33.6 Å². The zero-order valence-corrected chi connectivity index (χ0v) is 8.81. The third kappa shape index (κ3) is 2.66. The first kappa shape index (κ1) is 10.5. The van der Waals surface area contributed by atoms with Crippen molar-refractivity contribution in [1.82, 2.24) is 0 Å². The molecule has 0 aliphatic carbocycles. The van der Waals surface area contributed by atoms with Crippen molar-refractivity contribution in [2.75, 3.05) is 13.2 Å². The Kier molecular flexibility index (Phi) is 3.67. The summed E-state index contributed by atoms with van der Waals surface area (Å²) in [5, 5.41) is 7.68. The summed E-state index contributed by atoms with van der Waals surface area (Å²) in [6.07, 6.45) is 2.09. The van der Waals surface area contributed by atoms with Crippen molar-refractivity contribution in [3.05, 3.63) is 11.1 Å². The molecule has 1 aliphatic heterocycles. The minimum absolute atomic E-state index is 0.664. The Morgan fingerprint density at radius 3 is 2.31 bits per heavy atom. The predicted molar refractivity (Wildman–Crippen MR) is 55.3 cm³/mol. The summed E-state index contributed by atoms with van der Waals surface area (Å²) >= 11 is 0. The molecule has 1 fully saturated rings. The van der Waals surface area contributed by atoms with Crippen molar-refractivity contribution in [2.45, 2.75) is 33.6 Å². The Hall–Kier alpha value is -0.630. The molecule has 13 heavy (non-hydrogen) atoms. The molecule has 1 saturated heterocycles. The summed E-state index contributed by atoms with van der Waals surface area (Å²) in [5.74, 6) is 0.664. The summed E-state index contributed by atoms with van der Waals surface area (Å²) in [6.45, 7) is 7.93. The van der Waals surface area contributed by atoms with E-state index >= 15 is 0 Å². The summed E-state index contributed by atoms with van der Waals surface area (Å²) in [6, 6.07) is 0. The van der Waals surface area contributed by atoms with Crippen LogP contribution in [-0.4, -0.2) is 18.9 Å². The van der Waals surface area contributed by atoms with E-state index in [2.05, 4.69) is 13.8 Å². The van der Waals surface area contributed by atoms with E-state index in [1.165, 1.54) is 11.1 Å². The predicted octanol–water partition coefficient (Wildman–Crippen LogP) is 2.79. The highest BCUT2D eigenvalue weighted by atomic mass is 16.5. The van der Waals surface area contributed by atoms with Gasteiger partial charge in [0.1, 0.15) is 0 Å². The van der Waals surface area contributed by atoms with E-state index in [9.17, 15) is 0 Å². The first-order valence-corrected chi connectivity index (χ1v) is 4.97. The van der Waals surface area contributed by atoms with Gasteiger partial charge in [0.15, 0.2) is 0 Å². The zero-order valence-electron chi connectivity index (χ0n) is 8.81. The molecule has 0 saturated carbocycles. The topological polar surface area (TPSA) is 33.1 Å². The van der Waals surface area contributed by atoms with E-state index in [0.717, 1.165) is 31.8 Å². The van der Waals surface area contributed by atoms with Crippen molar-refractivity contribution < 1.29 is 4.74 Å². The van der Waals surface area contributed by atoms with Gasteiger partial charge < -0.3 is 10.1 Å². The molecule has 0 atom stereocenters. The molecule has 0 unspecified atom stereocenters. The molecule has 1 N–H and O–H groups in total. The second-order valence-electron chi connectivity index (χ2n) is 3.85. The lowest BCUT2D eigenvalue weighted by atomic mass is 9.91. The van der Waals surface area contributed by atoms with Gasteiger partial charge in [0.25, 0.3) is 0 Å². The van der Waals surface area contributed by atoms with Crippen LogP contribution in [-0.2, 0) is 4.74 Å². The van der Waals surface area contributed by atoms with Gasteiger partial charge in [-0.3, -0.25) is 0 Å². The van der Waals surface area contributed by atoms with E-state index in [0.29, 0.717) is 5.92 Å². The van der Waals surface area contributed by atoms with Crippen molar-refractivity contribution in [3.63, 3.8) is 0 Å². The Labute approximate surface area is 80.5 Å². The molecule has 0 aromatic rings. The van der Waals surface area contributed by atoms with E-state index in [1.807, 2.05) is 6.92 Å². The highest BCUT2D eigenvalue weighted by Gasteiger charge is 2.21. The Balaban J connectivity index is 2.61. The first-order valence-electron chi connectivity index (χ1n) is 4.97. The maximum absolute atomic E-state index is 7.68. The van der Waals surface area contributed by atoms with Gasteiger partial charge in [-0.05, 0) is 32.3 Å². The second-order valence-corrected chi connectivity index (χ2v) is 3.85. The summed E-state index contributed by atoms with van der Waals surface area (Å²) in [5.41, 5.74) is 3.33. The maximum Gasteiger partial charge on any atom is 0.0519 e. The molecule has 0 radical (unpaired) electrons. The molecule has 0 spiro atoms. The fraction of sp³-hybridized carbons (Fsp3) is 0.727. The van der Waals surface area contributed by atoms with Gasteiger partial charge in [-0.2, -0.15) is 0 Å². The first-order chi connectivity index (χ1) is 6.15. The van der Waals surface area contributed by atoms with Crippen molar-refractivity contribution in [2.24, 2.45) is 5.92 Å². The molecule has 1 rings (SSSR count). The Morgan fingerprint density at radius 2 is 2.00 bits per heavy atom. The van der Waals surface area contributed by atoms with Crippen LogP contribution in [0.15, 0.2) is 11.1 Å². The number of hydrogen-bond donors (Lipinski definition) is 1. The molecule has 0 amide bonds. The lowest BCUT2D eigenvalue weighted by molar-refractivity contribution is -0.0307. The van der Waals surface area contributed by atoms with Crippen LogP contribution in [0.3, 0.4) is 0 Å². The third-order valence-electron chi connectivity index (χ3n) is 2.70. The molecule has 74 valence electrons. The minimum Gasteiger partial charge on any atom is -0.381 e. The molecule has 2 heteroatoms. The quantitative estimate of drug-likeness (QED) is 0.665. The maximum atomic E-state index is 7.68. The highest BCUT2D eigenvalue weighted by Crippen LogP contribution is 2.23. The van der Waals surface area contributed by atoms with Crippen LogP contribution in [0.2, 0.25) is 0 Å². The summed E-state index contributed by atoms with van der Waals surface area (Å²) in [7, 11) is 0. The molecular formula is C11H19NO. The number of ether oxygens (including phenoxy) is 1. The van der Waals surface area contributed by atoms with Crippen LogP contribution in [0, 0.1) is 11.3 Å². The van der Waals surface area contributed by atoms with Gasteiger partial charge in [-0.15, -0.1) is 0 Å². The Bertz CT molecular complexity index is 226. The van der Waals surface area contributed by atoms with Gasteiger partial charge in [0.05, 0.1) is 13.2 Å². The van der Waals surface area contributed by atoms with Crippen LogP contribution in [0.4, 0.5) is 0 Å². The fourth-order valence-corrected chi connectivity index (χ4v) is 1.55. The normalized spacial score (nSPS) is 19.3. The zero-order chi connectivity index (χ0) is 9.84. The van der Waals surface area contributed by atoms with E-state index in [1.54, 1.807) is 0 Å². The molecule has 0 aromatic carbocycles. The van der Waals surface area contributed by atoms with Gasteiger partial charge in [-0.1, -0.05) is 12.5 Å². The summed E-state index contributed by atoms with van der Waals surface area (Å²) in [4.78, 5) is 0. The van der Waals surface area contributed by atoms with Gasteiger partial charge in [0, 0.05) is 11.6 Å². The fourth-order valence-electron chi connectivity index (χ4n) is 1.55. The number of allylic oxidation sites excluding steroid dienone is 2. The molecule has 1 aliphatic rings. The summed E-state index contributed by atoms with van der Waals surface area (Å²) < 4.78 is 5.14. The second kappa shape index (κ2) is 4.56. The lowest BCUT2D eigenvalue weighted by Gasteiger charge is -2.27. The number of rotatable bonds is 4. The Morgan fingerprint density at radius 1 is 1.38 bits per heavy atom. The molecule has 1 heterocycles. The molecule has 0 aromatic heterocycles. The van der Waals surface area contributed by atoms with Crippen LogP contribution in [0.25, 0.3) is 0 Å². The highest BCUT2D eigenvalue weighted by molar-refractivity contribution is 5.96. The largest absolute Gasteiger partial charge is 0.381 e. The van der Waals surface area contributed by atoms with Crippen molar-refractivity contribution in [1.29, 1.82) is 5.41 Å². The number of nitrogens with one attached hydrogen (secondary N) is 1. The van der Waals surface area contributed by atoms with Crippen LogP contribution in [0.5, 0.6) is 0 Å². The third-order valence-corrected chi connectivity index (χ3v) is 2.70. The minimum atomic E-state index is 0.664. The van der Waals surface area contributed by atoms with Gasteiger partial charge in [0.2, 0.25) is 0 Å². The van der Waals surface area contributed by atoms with E-state index < -0.39 is 0 Å². The SMILES string of the molecule is CCC(C)=C(CC1COC1)C(C)=N. The van der Waals surface area contributed by atoms with Crippen LogP contribution < -0.4 is 0 Å². The van der Waals surface area contributed by atoms with Crippen LogP contribution >= 0.6 is 0 Å². The molecule has 2 nitrogen and oxygen atoms in total.